The quantitative estimate of drug-likeness (QED) is 0.664. The number of halogens is 2. The van der Waals surface area contributed by atoms with E-state index in [0.717, 1.165) is 10.7 Å². The van der Waals surface area contributed by atoms with E-state index in [1.165, 1.54) is 19.3 Å². The molecule has 2 heteroatoms. The zero-order valence-electron chi connectivity index (χ0n) is 6.79. The fourth-order valence-electron chi connectivity index (χ4n) is 1.06. The van der Waals surface area contributed by atoms with Gasteiger partial charge in [-0.1, -0.05) is 45.7 Å². The highest BCUT2D eigenvalue weighted by Crippen LogP contribution is 2.32. The molecular formula is C8H16Br2. The van der Waals surface area contributed by atoms with Crippen LogP contribution in [-0.4, -0.2) is 10.7 Å². The van der Waals surface area contributed by atoms with Crippen LogP contribution in [0, 0.1) is 5.41 Å². The lowest BCUT2D eigenvalue weighted by Gasteiger charge is -2.28. The molecule has 10 heavy (non-hydrogen) atoms. The Labute approximate surface area is 81.0 Å². The number of hydrogen-bond donors (Lipinski definition) is 0. The monoisotopic (exact) mass is 270 g/mol. The van der Waals surface area contributed by atoms with E-state index in [2.05, 4.69) is 45.7 Å². The third-order valence-corrected chi connectivity index (χ3v) is 3.99. The minimum Gasteiger partial charge on any atom is -0.0928 e. The summed E-state index contributed by atoms with van der Waals surface area (Å²) in [5, 5.41) is 2.26. The van der Waals surface area contributed by atoms with Crippen LogP contribution < -0.4 is 0 Å². The molecule has 0 heterocycles. The van der Waals surface area contributed by atoms with E-state index in [9.17, 15) is 0 Å². The highest BCUT2D eigenvalue weighted by molar-refractivity contribution is 9.09. The van der Waals surface area contributed by atoms with Gasteiger partial charge in [-0.25, -0.2) is 0 Å². The fourth-order valence-corrected chi connectivity index (χ4v) is 2.97. The van der Waals surface area contributed by atoms with E-state index in [-0.39, 0.29) is 0 Å². The molecule has 0 radical (unpaired) electrons. The van der Waals surface area contributed by atoms with Gasteiger partial charge in [-0.2, -0.15) is 0 Å². The zero-order valence-corrected chi connectivity index (χ0v) is 9.96. The van der Waals surface area contributed by atoms with E-state index in [1.807, 2.05) is 0 Å². The van der Waals surface area contributed by atoms with E-state index in [4.69, 9.17) is 0 Å². The first-order chi connectivity index (χ1) is 4.74. The van der Waals surface area contributed by atoms with Gasteiger partial charge >= 0.3 is 0 Å². The van der Waals surface area contributed by atoms with Crippen molar-refractivity contribution in [3.05, 3.63) is 0 Å². The Hall–Kier alpha value is 0.960. The van der Waals surface area contributed by atoms with Gasteiger partial charge < -0.3 is 0 Å². The summed E-state index contributed by atoms with van der Waals surface area (Å²) >= 11 is 7.06. The first kappa shape index (κ1) is 11.0. The Kier molecular flexibility index (Phi) is 6.13. The topological polar surface area (TPSA) is 0 Å². The maximum Gasteiger partial charge on any atom is 0.00880 e. The lowest BCUT2D eigenvalue weighted by atomic mass is 9.82. The molecule has 0 fully saturated rings. The van der Waals surface area contributed by atoms with Crippen LogP contribution in [-0.2, 0) is 0 Å². The predicted octanol–water partition coefficient (Wildman–Crippen LogP) is 3.97. The van der Waals surface area contributed by atoms with Crippen LogP contribution in [0.2, 0.25) is 0 Å². The number of hydrogen-bond acceptors (Lipinski definition) is 0. The lowest BCUT2D eigenvalue weighted by Crippen LogP contribution is -2.21. The number of rotatable bonds is 5. The van der Waals surface area contributed by atoms with Crippen molar-refractivity contribution in [2.24, 2.45) is 5.41 Å². The van der Waals surface area contributed by atoms with Crippen molar-refractivity contribution in [2.45, 2.75) is 33.1 Å². The Morgan fingerprint density at radius 2 is 1.60 bits per heavy atom. The van der Waals surface area contributed by atoms with Gasteiger partial charge in [0.25, 0.3) is 0 Å². The van der Waals surface area contributed by atoms with Crippen LogP contribution >= 0.6 is 31.9 Å². The maximum absolute atomic E-state index is 3.57. The Bertz CT molecular complexity index is 69.1. The normalized spacial score (nSPS) is 12.0. The molecule has 0 unspecified atom stereocenters. The molecule has 0 aromatic carbocycles. The van der Waals surface area contributed by atoms with Gasteiger partial charge in [0.2, 0.25) is 0 Å². The van der Waals surface area contributed by atoms with Gasteiger partial charge in [-0.05, 0) is 24.7 Å². The van der Waals surface area contributed by atoms with Gasteiger partial charge in [0, 0.05) is 10.7 Å². The maximum atomic E-state index is 3.57. The molecule has 0 aliphatic heterocycles. The fraction of sp³-hybridized carbons (Fsp3) is 1.00. The highest BCUT2D eigenvalue weighted by Gasteiger charge is 2.23. The van der Waals surface area contributed by atoms with E-state index >= 15 is 0 Å². The van der Waals surface area contributed by atoms with Crippen molar-refractivity contribution in [1.29, 1.82) is 0 Å². The summed E-state index contributed by atoms with van der Waals surface area (Å²) in [6.07, 6.45) is 3.84. The molecule has 0 aromatic heterocycles. The van der Waals surface area contributed by atoms with Crippen LogP contribution in [0.15, 0.2) is 0 Å². The molecule has 0 saturated carbocycles. The molecule has 0 aliphatic rings. The molecular weight excluding hydrogens is 256 g/mol. The third kappa shape index (κ3) is 2.91. The SMILES string of the molecule is CCC(CC)(CBr)CCBr. The molecule has 0 nitrogen and oxygen atoms in total. The van der Waals surface area contributed by atoms with Gasteiger partial charge in [-0.15, -0.1) is 0 Å². The van der Waals surface area contributed by atoms with Crippen molar-refractivity contribution in [1.82, 2.24) is 0 Å². The van der Waals surface area contributed by atoms with Crippen molar-refractivity contribution >= 4 is 31.9 Å². The summed E-state index contributed by atoms with van der Waals surface area (Å²) < 4.78 is 0. The van der Waals surface area contributed by atoms with Crippen molar-refractivity contribution in [2.75, 3.05) is 10.7 Å². The van der Waals surface area contributed by atoms with Crippen molar-refractivity contribution in [3.63, 3.8) is 0 Å². The second-order valence-corrected chi connectivity index (χ2v) is 4.13. The zero-order chi connectivity index (χ0) is 8.04. The van der Waals surface area contributed by atoms with Crippen molar-refractivity contribution in [3.8, 4) is 0 Å². The van der Waals surface area contributed by atoms with Crippen LogP contribution in [0.3, 0.4) is 0 Å². The van der Waals surface area contributed by atoms with E-state index < -0.39 is 0 Å². The Balaban J connectivity index is 3.87. The van der Waals surface area contributed by atoms with Crippen LogP contribution in [0.5, 0.6) is 0 Å². The Morgan fingerprint density at radius 3 is 1.70 bits per heavy atom. The van der Waals surface area contributed by atoms with Crippen molar-refractivity contribution < 1.29 is 0 Å². The highest BCUT2D eigenvalue weighted by atomic mass is 79.9. The molecule has 0 rings (SSSR count). The molecule has 0 aromatic rings. The van der Waals surface area contributed by atoms with Crippen LogP contribution in [0.1, 0.15) is 33.1 Å². The van der Waals surface area contributed by atoms with Gasteiger partial charge in [-0.3, -0.25) is 0 Å². The number of alkyl halides is 2. The molecule has 0 amide bonds. The van der Waals surface area contributed by atoms with Crippen LogP contribution in [0.4, 0.5) is 0 Å². The largest absolute Gasteiger partial charge is 0.0928 e. The summed E-state index contributed by atoms with van der Waals surface area (Å²) in [6.45, 7) is 4.54. The second-order valence-electron chi connectivity index (χ2n) is 2.78. The summed E-state index contributed by atoms with van der Waals surface area (Å²) in [7, 11) is 0. The van der Waals surface area contributed by atoms with E-state index in [1.54, 1.807) is 0 Å². The summed E-state index contributed by atoms with van der Waals surface area (Å²) in [5.74, 6) is 0. The average molecular weight is 272 g/mol. The average Bonchev–Trinajstić information content (AvgIpc) is 2.01. The summed E-state index contributed by atoms with van der Waals surface area (Å²) in [4.78, 5) is 0. The molecule has 0 aliphatic carbocycles. The molecule has 0 atom stereocenters. The second kappa shape index (κ2) is 5.59. The standard InChI is InChI=1S/C8H16Br2/c1-3-8(4-2,7-10)5-6-9/h3-7H2,1-2H3. The molecule has 0 bridgehead atoms. The van der Waals surface area contributed by atoms with Crippen LogP contribution in [0.25, 0.3) is 0 Å². The summed E-state index contributed by atoms with van der Waals surface area (Å²) in [6, 6.07) is 0. The summed E-state index contributed by atoms with van der Waals surface area (Å²) in [5.41, 5.74) is 0.545. The van der Waals surface area contributed by atoms with Gasteiger partial charge in [0.15, 0.2) is 0 Å². The van der Waals surface area contributed by atoms with E-state index in [0.29, 0.717) is 5.41 Å². The lowest BCUT2D eigenvalue weighted by molar-refractivity contribution is 0.301. The minimum atomic E-state index is 0.545. The third-order valence-electron chi connectivity index (χ3n) is 2.41. The molecule has 62 valence electrons. The molecule has 0 N–H and O–H groups in total. The van der Waals surface area contributed by atoms with Gasteiger partial charge in [0.05, 0.1) is 0 Å². The first-order valence-corrected chi connectivity index (χ1v) is 6.11. The Morgan fingerprint density at radius 1 is 1.10 bits per heavy atom. The first-order valence-electron chi connectivity index (χ1n) is 3.86. The minimum absolute atomic E-state index is 0.545. The van der Waals surface area contributed by atoms with Gasteiger partial charge in [0.1, 0.15) is 0 Å². The predicted molar refractivity (Wildman–Crippen MR) is 55.2 cm³/mol. The molecule has 0 saturated heterocycles. The molecule has 0 spiro atoms. The smallest absolute Gasteiger partial charge is 0.00880 e.